The number of benzene rings is 2. The number of amides is 3. The number of aliphatic hydroxyl groups excluding tert-OH is 1. The van der Waals surface area contributed by atoms with Gasteiger partial charge in [-0.1, -0.05) is 36.7 Å². The molecular formula is C39H51ClN4O6S. The zero-order valence-electron chi connectivity index (χ0n) is 29.8. The van der Waals surface area contributed by atoms with E-state index in [4.69, 9.17) is 21.1 Å². The first kappa shape index (κ1) is 36.2. The highest BCUT2D eigenvalue weighted by molar-refractivity contribution is 7.92. The quantitative estimate of drug-likeness (QED) is 0.309. The van der Waals surface area contributed by atoms with Crippen LogP contribution in [0.3, 0.4) is 0 Å². The molecule has 1 unspecified atom stereocenters. The normalized spacial score (nSPS) is 34.6. The Morgan fingerprint density at radius 3 is 2.76 bits per heavy atom. The van der Waals surface area contributed by atoms with E-state index in [9.17, 15) is 18.9 Å². The lowest BCUT2D eigenvalue weighted by Gasteiger charge is -2.46. The summed E-state index contributed by atoms with van der Waals surface area (Å²) in [6, 6.07) is 10.7. The molecule has 2 fully saturated rings. The van der Waals surface area contributed by atoms with E-state index in [2.05, 4.69) is 43.6 Å². The molecule has 3 amide bonds. The Morgan fingerprint density at radius 2 is 2.04 bits per heavy atom. The standard InChI is InChI=1S/C39H51ClN4O6S/c1-24-6-4-8-35(49-3)31-12-9-28(31)20-44-22-39(17-5-7-26-18-29(40)11-14-32(26)39)23-50-36-16-10-27(19-34(36)44)37(46)42-51(48,21-24)43-38(47)41-33-15-13-30(33)25(2)45/h4,8,10-11,14,16,18-19,24-25,28,30-31,33,35,45H,5-7,9,12-13,15,17,20-23H2,1-3H3,(H2,41,42,43,46,47,48)/b8-4+/t24-,25+,28-,30?,31+,33-,35-,39-,51-/m0/s1. The number of nitrogens with zero attached hydrogens (tertiary/aromatic N) is 2. The number of aryl methyl sites for hydroxylation is 1. The Hall–Kier alpha value is -3.12. The number of aliphatic hydroxyl groups is 1. The monoisotopic (exact) mass is 738 g/mol. The predicted molar refractivity (Wildman–Crippen MR) is 200 cm³/mol. The minimum Gasteiger partial charge on any atom is -0.490 e. The highest BCUT2D eigenvalue weighted by atomic mass is 35.5. The van der Waals surface area contributed by atoms with Crippen LogP contribution in [0.15, 0.2) is 52.9 Å². The third-order valence-corrected chi connectivity index (χ3v) is 14.3. The van der Waals surface area contributed by atoms with Crippen LogP contribution in [-0.4, -0.2) is 72.1 Å². The number of rotatable bonds is 4. The maximum absolute atomic E-state index is 14.5. The van der Waals surface area contributed by atoms with Gasteiger partial charge in [-0.25, -0.2) is 9.00 Å². The number of carbonyl (C=O) groups is 2. The number of urea groups is 1. The first-order chi connectivity index (χ1) is 24.5. The number of carbonyl (C=O) groups excluding carboxylic acids is 2. The Kier molecular flexibility index (Phi) is 10.5. The van der Waals surface area contributed by atoms with Gasteiger partial charge in [0, 0.05) is 48.2 Å². The number of fused-ring (bicyclic) bond motifs is 4. The average Bonchev–Trinajstić information content (AvgIpc) is 3.20. The molecule has 0 saturated heterocycles. The zero-order valence-corrected chi connectivity index (χ0v) is 31.4. The van der Waals surface area contributed by atoms with Gasteiger partial charge in [-0.2, -0.15) is 0 Å². The summed E-state index contributed by atoms with van der Waals surface area (Å²) < 4.78 is 34.0. The molecule has 10 nitrogen and oxygen atoms in total. The second kappa shape index (κ2) is 14.7. The fourth-order valence-electron chi connectivity index (χ4n) is 8.99. The van der Waals surface area contributed by atoms with Crippen molar-refractivity contribution in [3.8, 4) is 5.75 Å². The maximum atomic E-state index is 14.5. The molecule has 3 aliphatic carbocycles. The van der Waals surface area contributed by atoms with E-state index in [-0.39, 0.29) is 40.7 Å². The highest BCUT2D eigenvalue weighted by Gasteiger charge is 2.44. The van der Waals surface area contributed by atoms with Crippen molar-refractivity contribution < 1.29 is 28.4 Å². The van der Waals surface area contributed by atoms with Crippen molar-refractivity contribution in [1.82, 2.24) is 10.0 Å². The van der Waals surface area contributed by atoms with Crippen molar-refractivity contribution in [2.45, 2.75) is 88.9 Å². The molecular weight excluding hydrogens is 688 g/mol. The fraction of sp³-hybridized carbons (Fsp3) is 0.590. The smallest absolute Gasteiger partial charge is 0.327 e. The summed E-state index contributed by atoms with van der Waals surface area (Å²) in [5, 5.41) is 13.7. The topological polar surface area (TPSA) is 130 Å². The molecule has 3 N–H and O–H groups in total. The number of anilines is 1. The Bertz CT molecular complexity index is 1810. The molecule has 0 aromatic heterocycles. The second-order valence-electron chi connectivity index (χ2n) is 15.6. The molecule has 2 aromatic rings. The summed E-state index contributed by atoms with van der Waals surface area (Å²) in [4.78, 5) is 29.6. The molecule has 7 rings (SSSR count). The molecule has 12 heteroatoms. The SMILES string of the molecule is CO[C@H]1/C=C/C[C@H](C)C[S@@](=O)(NC(=O)N[C@H]2CCC2[C@@H](C)O)=NC(=O)c2ccc3c(c2)N(C[C@@H]2CC[C@H]21)C[C@@]1(CCCc2cc(Cl)ccc21)CO3. The zero-order chi connectivity index (χ0) is 35.9. The van der Waals surface area contributed by atoms with Crippen molar-refractivity contribution in [3.63, 3.8) is 0 Å². The average molecular weight is 739 g/mol. The second-order valence-corrected chi connectivity index (χ2v) is 18.1. The number of allylic oxidation sites excluding steroid dienone is 1. The van der Waals surface area contributed by atoms with Crippen LogP contribution < -0.4 is 19.7 Å². The van der Waals surface area contributed by atoms with Gasteiger partial charge in [0.2, 0.25) is 0 Å². The van der Waals surface area contributed by atoms with Crippen LogP contribution >= 0.6 is 11.6 Å². The predicted octanol–water partition coefficient (Wildman–Crippen LogP) is 6.43. The van der Waals surface area contributed by atoms with E-state index in [0.717, 1.165) is 62.2 Å². The van der Waals surface area contributed by atoms with Gasteiger partial charge in [-0.15, -0.1) is 4.36 Å². The summed E-state index contributed by atoms with van der Waals surface area (Å²) in [7, 11) is -1.77. The lowest BCUT2D eigenvalue weighted by Crippen LogP contribution is -2.54. The molecule has 5 aliphatic rings. The van der Waals surface area contributed by atoms with E-state index in [1.54, 1.807) is 20.1 Å². The summed E-state index contributed by atoms with van der Waals surface area (Å²) >= 11 is 6.45. The van der Waals surface area contributed by atoms with Crippen LogP contribution in [0.25, 0.3) is 0 Å². The molecule has 1 spiro atoms. The first-order valence-electron chi connectivity index (χ1n) is 18.5. The highest BCUT2D eigenvalue weighted by Crippen LogP contribution is 2.47. The van der Waals surface area contributed by atoms with Crippen LogP contribution in [0.1, 0.15) is 80.3 Å². The molecule has 276 valence electrons. The van der Waals surface area contributed by atoms with E-state index < -0.39 is 28.0 Å². The number of methoxy groups -OCH3 is 1. The third-order valence-electron chi connectivity index (χ3n) is 12.0. The van der Waals surface area contributed by atoms with Gasteiger partial charge >= 0.3 is 6.03 Å². The van der Waals surface area contributed by atoms with Crippen molar-refractivity contribution in [1.29, 1.82) is 0 Å². The van der Waals surface area contributed by atoms with Crippen molar-refractivity contribution >= 4 is 39.1 Å². The van der Waals surface area contributed by atoms with Crippen LogP contribution in [0.2, 0.25) is 5.02 Å². The maximum Gasteiger partial charge on any atom is 0.327 e. The molecule has 0 radical (unpaired) electrons. The van der Waals surface area contributed by atoms with E-state index in [0.29, 0.717) is 37.2 Å². The van der Waals surface area contributed by atoms with Gasteiger partial charge in [-0.05, 0) is 118 Å². The number of nitrogens with one attached hydrogen (secondary N) is 2. The van der Waals surface area contributed by atoms with Crippen LogP contribution in [0.5, 0.6) is 5.75 Å². The van der Waals surface area contributed by atoms with Gasteiger partial charge in [0.1, 0.15) is 15.7 Å². The molecule has 2 aromatic carbocycles. The summed E-state index contributed by atoms with van der Waals surface area (Å²) in [6.07, 6.45) is 10.8. The lowest BCUT2D eigenvalue weighted by molar-refractivity contribution is 0.0131. The van der Waals surface area contributed by atoms with Crippen molar-refractivity contribution in [2.75, 3.05) is 37.5 Å². The largest absolute Gasteiger partial charge is 0.490 e. The van der Waals surface area contributed by atoms with Gasteiger partial charge in [0.15, 0.2) is 0 Å². The minimum absolute atomic E-state index is 0.00315. The lowest BCUT2D eigenvalue weighted by atomic mass is 9.68. The van der Waals surface area contributed by atoms with Gasteiger partial charge in [0.05, 0.1) is 30.3 Å². The van der Waals surface area contributed by atoms with E-state index in [1.807, 2.05) is 25.1 Å². The molecule has 51 heavy (non-hydrogen) atoms. The molecule has 2 aliphatic heterocycles. The van der Waals surface area contributed by atoms with Crippen LogP contribution in [0.4, 0.5) is 10.5 Å². The number of ether oxygens (including phenoxy) is 2. The number of hydrogen-bond acceptors (Lipinski definition) is 7. The molecule has 2 saturated carbocycles. The van der Waals surface area contributed by atoms with Gasteiger partial charge in [0.25, 0.3) is 5.91 Å². The molecule has 2 heterocycles. The summed E-state index contributed by atoms with van der Waals surface area (Å²) in [5.41, 5.74) is 3.37. The van der Waals surface area contributed by atoms with Crippen molar-refractivity contribution in [2.24, 2.45) is 28.0 Å². The van der Waals surface area contributed by atoms with Crippen molar-refractivity contribution in [3.05, 3.63) is 70.3 Å². The summed E-state index contributed by atoms with van der Waals surface area (Å²) in [5.74, 6) is 0.545. The molecule has 9 atom stereocenters. The number of halogens is 1. The van der Waals surface area contributed by atoms with Crippen LogP contribution in [-0.2, 0) is 26.5 Å². The van der Waals surface area contributed by atoms with E-state index in [1.165, 1.54) is 11.1 Å². The fourth-order valence-corrected chi connectivity index (χ4v) is 11.0. The third kappa shape index (κ3) is 7.54. The molecule has 2 bridgehead atoms. The Labute approximate surface area is 307 Å². The van der Waals surface area contributed by atoms with E-state index >= 15 is 0 Å². The summed E-state index contributed by atoms with van der Waals surface area (Å²) in [6.45, 7) is 5.64. The Morgan fingerprint density at radius 1 is 1.20 bits per heavy atom. The van der Waals surface area contributed by atoms with Crippen LogP contribution in [0, 0.1) is 23.7 Å². The Balaban J connectivity index is 1.26. The van der Waals surface area contributed by atoms with Gasteiger partial charge < -0.3 is 24.8 Å². The minimum atomic E-state index is -3.53. The first-order valence-corrected chi connectivity index (χ1v) is 20.6. The number of hydrogen-bond donors (Lipinski definition) is 3. The van der Waals surface area contributed by atoms with Gasteiger partial charge in [-0.3, -0.25) is 9.52 Å².